The molecule has 1 fully saturated rings. The summed E-state index contributed by atoms with van der Waals surface area (Å²) in [7, 11) is -2.07. The molecule has 1 aliphatic heterocycles. The average Bonchev–Trinajstić information content (AvgIpc) is 3.37. The van der Waals surface area contributed by atoms with Crippen molar-refractivity contribution in [2.45, 2.75) is 70.0 Å². The molecule has 2 aromatic carbocycles. The van der Waals surface area contributed by atoms with Crippen LogP contribution in [0.2, 0.25) is 0 Å². The Labute approximate surface area is 227 Å². The van der Waals surface area contributed by atoms with Crippen LogP contribution in [-0.2, 0) is 26.0 Å². The maximum absolute atomic E-state index is 13.9. The summed E-state index contributed by atoms with van der Waals surface area (Å²) in [6.07, 6.45) is 2.05. The molecule has 8 nitrogen and oxygen atoms in total. The van der Waals surface area contributed by atoms with Crippen molar-refractivity contribution in [3.63, 3.8) is 0 Å². The number of hydrogen-bond donors (Lipinski definition) is 2. The third-order valence-electron chi connectivity index (χ3n) is 7.17. The predicted octanol–water partition coefficient (Wildman–Crippen LogP) is 3.05. The number of sulfonamides is 1. The monoisotopic (exact) mass is 542 g/mol. The van der Waals surface area contributed by atoms with Gasteiger partial charge in [-0.15, -0.1) is 0 Å². The van der Waals surface area contributed by atoms with Crippen LogP contribution in [0.25, 0.3) is 0 Å². The molecule has 38 heavy (non-hydrogen) atoms. The second kappa shape index (κ2) is 12.9. The van der Waals surface area contributed by atoms with Gasteiger partial charge >= 0.3 is 0 Å². The summed E-state index contributed by atoms with van der Waals surface area (Å²) in [5.41, 5.74) is 0.533. The van der Waals surface area contributed by atoms with E-state index in [2.05, 4.69) is 10.6 Å². The number of amides is 2. The Morgan fingerprint density at radius 2 is 1.66 bits per heavy atom. The summed E-state index contributed by atoms with van der Waals surface area (Å²) in [4.78, 5) is 28.6. The van der Waals surface area contributed by atoms with E-state index in [-0.39, 0.29) is 29.3 Å². The number of nitrogens with one attached hydrogen (secondary N) is 2. The Morgan fingerprint density at radius 1 is 1.05 bits per heavy atom. The lowest BCUT2D eigenvalue weighted by Crippen LogP contribution is -2.59. The molecule has 0 bridgehead atoms. The van der Waals surface area contributed by atoms with Crippen molar-refractivity contribution < 1.29 is 18.0 Å². The van der Waals surface area contributed by atoms with E-state index in [4.69, 9.17) is 0 Å². The fraction of sp³-hybridized carbons (Fsp3) is 0.517. The number of carbonyl (C=O) groups is 2. The van der Waals surface area contributed by atoms with E-state index < -0.39 is 27.5 Å². The normalized spacial score (nSPS) is 17.8. The highest BCUT2D eigenvalue weighted by atomic mass is 32.2. The molecule has 1 saturated heterocycles. The van der Waals surface area contributed by atoms with Crippen LogP contribution in [0.1, 0.15) is 46.1 Å². The van der Waals surface area contributed by atoms with Gasteiger partial charge in [-0.3, -0.25) is 9.59 Å². The predicted molar refractivity (Wildman–Crippen MR) is 150 cm³/mol. The van der Waals surface area contributed by atoms with E-state index in [0.717, 1.165) is 12.0 Å². The largest absolute Gasteiger partial charge is 0.342 e. The Balaban J connectivity index is 1.85. The molecule has 9 heteroatoms. The fourth-order valence-corrected chi connectivity index (χ4v) is 6.21. The first-order chi connectivity index (χ1) is 17.9. The molecule has 1 heterocycles. The van der Waals surface area contributed by atoms with Crippen LogP contribution < -0.4 is 10.6 Å². The molecule has 0 spiro atoms. The highest BCUT2D eigenvalue weighted by Crippen LogP contribution is 2.28. The molecular weight excluding hydrogens is 500 g/mol. The second-order valence-corrected chi connectivity index (χ2v) is 13.0. The van der Waals surface area contributed by atoms with Gasteiger partial charge in [0.2, 0.25) is 21.8 Å². The smallest absolute Gasteiger partial charge is 0.245 e. The summed E-state index contributed by atoms with van der Waals surface area (Å²) >= 11 is 0. The zero-order valence-corrected chi connectivity index (χ0v) is 24.0. The van der Waals surface area contributed by atoms with Crippen LogP contribution in [0.15, 0.2) is 65.6 Å². The molecule has 0 aliphatic carbocycles. The van der Waals surface area contributed by atoms with Gasteiger partial charge in [-0.05, 0) is 56.3 Å². The lowest BCUT2D eigenvalue weighted by molar-refractivity contribution is -0.140. The van der Waals surface area contributed by atoms with Crippen molar-refractivity contribution in [2.24, 2.45) is 5.41 Å². The first-order valence-electron chi connectivity index (χ1n) is 13.3. The Bertz CT molecular complexity index is 1170. The van der Waals surface area contributed by atoms with E-state index in [1.807, 2.05) is 51.1 Å². The summed E-state index contributed by atoms with van der Waals surface area (Å²) in [6.45, 7) is 8.57. The van der Waals surface area contributed by atoms with Crippen LogP contribution in [-0.4, -0.2) is 74.2 Å². The Morgan fingerprint density at radius 3 is 2.24 bits per heavy atom. The van der Waals surface area contributed by atoms with Gasteiger partial charge in [-0.1, -0.05) is 69.3 Å². The average molecular weight is 543 g/mol. The molecular formula is C29H42N4O4S. The van der Waals surface area contributed by atoms with Crippen molar-refractivity contribution in [1.82, 2.24) is 19.8 Å². The summed E-state index contributed by atoms with van der Waals surface area (Å²) in [5.74, 6) is -0.413. The van der Waals surface area contributed by atoms with Crippen molar-refractivity contribution in [3.8, 4) is 0 Å². The van der Waals surface area contributed by atoms with Gasteiger partial charge in [0.25, 0.3) is 0 Å². The van der Waals surface area contributed by atoms with Gasteiger partial charge in [-0.25, -0.2) is 8.42 Å². The molecule has 0 aromatic heterocycles. The lowest BCUT2D eigenvalue weighted by Gasteiger charge is -2.37. The minimum atomic E-state index is -3.77. The van der Waals surface area contributed by atoms with E-state index in [1.165, 1.54) is 4.31 Å². The third kappa shape index (κ3) is 7.42. The molecule has 1 aliphatic rings. The second-order valence-electron chi connectivity index (χ2n) is 11.1. The van der Waals surface area contributed by atoms with E-state index >= 15 is 0 Å². The van der Waals surface area contributed by atoms with Crippen molar-refractivity contribution in [1.29, 1.82) is 0 Å². The van der Waals surface area contributed by atoms with Crippen molar-refractivity contribution in [2.75, 3.05) is 26.7 Å². The number of carbonyl (C=O) groups excluding carboxylic acids is 2. The minimum absolute atomic E-state index is 0.170. The fourth-order valence-electron chi connectivity index (χ4n) is 4.71. The first-order valence-corrected chi connectivity index (χ1v) is 14.8. The standard InChI is InChI=1S/C29H42N4O4S/c1-22(30-5)27(34)31-26(29(2,3)4)28(35)33-19-12-15-24(33)21-32(20-18-23-13-8-6-9-14-23)38(36,37)25-16-10-7-11-17-25/h6-11,13-14,16-17,22,24,26,30H,12,15,18-21H2,1-5H3,(H,31,34)/t22-,24-,26+/m0/s1. The van der Waals surface area contributed by atoms with Gasteiger partial charge in [0.1, 0.15) is 6.04 Å². The molecule has 0 saturated carbocycles. The van der Waals surface area contributed by atoms with E-state index in [0.29, 0.717) is 25.9 Å². The SMILES string of the molecule is CN[C@@H](C)C(=O)N[C@H](C(=O)N1CCC[C@H]1CN(CCc1ccccc1)S(=O)(=O)c1ccccc1)C(C)(C)C. The van der Waals surface area contributed by atoms with Crippen LogP contribution in [0.5, 0.6) is 0 Å². The third-order valence-corrected chi connectivity index (χ3v) is 9.05. The molecule has 2 N–H and O–H groups in total. The van der Waals surface area contributed by atoms with E-state index in [1.54, 1.807) is 49.2 Å². The van der Waals surface area contributed by atoms with Crippen LogP contribution >= 0.6 is 0 Å². The molecule has 2 aromatic rings. The number of likely N-dealkylation sites (N-methyl/N-ethyl adjacent to an activating group) is 1. The molecule has 2 amide bonds. The van der Waals surface area contributed by atoms with Gasteiger partial charge < -0.3 is 15.5 Å². The topological polar surface area (TPSA) is 98.8 Å². The maximum Gasteiger partial charge on any atom is 0.245 e. The lowest BCUT2D eigenvalue weighted by atomic mass is 9.85. The number of rotatable bonds is 11. The molecule has 3 atom stereocenters. The van der Waals surface area contributed by atoms with Gasteiger partial charge in [0, 0.05) is 25.7 Å². The summed E-state index contributed by atoms with van der Waals surface area (Å²) in [5, 5.41) is 5.85. The van der Waals surface area contributed by atoms with Crippen LogP contribution in [0, 0.1) is 5.41 Å². The number of benzene rings is 2. The minimum Gasteiger partial charge on any atom is -0.342 e. The quantitative estimate of drug-likeness (QED) is 0.455. The zero-order valence-electron chi connectivity index (χ0n) is 23.2. The zero-order chi connectivity index (χ0) is 27.9. The van der Waals surface area contributed by atoms with Gasteiger partial charge in [-0.2, -0.15) is 4.31 Å². The molecule has 0 radical (unpaired) electrons. The van der Waals surface area contributed by atoms with Crippen molar-refractivity contribution >= 4 is 21.8 Å². The number of likely N-dealkylation sites (tertiary alicyclic amines) is 1. The number of nitrogens with zero attached hydrogens (tertiary/aromatic N) is 2. The van der Waals surface area contributed by atoms with Crippen molar-refractivity contribution in [3.05, 3.63) is 66.2 Å². The summed E-state index contributed by atoms with van der Waals surface area (Å²) in [6, 6.07) is 16.8. The Hall–Kier alpha value is -2.75. The highest BCUT2D eigenvalue weighted by molar-refractivity contribution is 7.89. The highest BCUT2D eigenvalue weighted by Gasteiger charge is 2.41. The van der Waals surface area contributed by atoms with Gasteiger partial charge in [0.05, 0.1) is 10.9 Å². The number of hydrogen-bond acceptors (Lipinski definition) is 5. The summed E-state index contributed by atoms with van der Waals surface area (Å²) < 4.78 is 29.0. The molecule has 0 unspecified atom stereocenters. The van der Waals surface area contributed by atoms with Crippen LogP contribution in [0.4, 0.5) is 0 Å². The Kier molecular flexibility index (Phi) is 10.1. The van der Waals surface area contributed by atoms with Gasteiger partial charge in [0.15, 0.2) is 0 Å². The maximum atomic E-state index is 13.9. The molecule has 208 valence electrons. The van der Waals surface area contributed by atoms with E-state index in [9.17, 15) is 18.0 Å². The molecule has 3 rings (SSSR count). The first kappa shape index (κ1) is 29.8. The van der Waals surface area contributed by atoms with Crippen LogP contribution in [0.3, 0.4) is 0 Å².